The summed E-state index contributed by atoms with van der Waals surface area (Å²) in [7, 11) is 5.45. The van der Waals surface area contributed by atoms with E-state index in [4.69, 9.17) is 13.6 Å². The summed E-state index contributed by atoms with van der Waals surface area (Å²) < 4.78 is 0. The molecule has 0 amide bonds. The minimum atomic E-state index is 0.720. The van der Waals surface area contributed by atoms with Gasteiger partial charge in [-0.1, -0.05) is 17.6 Å². The second-order valence-electron chi connectivity index (χ2n) is 2.12. The van der Waals surface area contributed by atoms with Crippen LogP contribution in [0.2, 0.25) is 0 Å². The Morgan fingerprint density at radius 2 is 2.11 bits per heavy atom. The van der Waals surface area contributed by atoms with E-state index in [-0.39, 0.29) is 0 Å². The first-order valence-corrected chi connectivity index (χ1v) is 2.82. The van der Waals surface area contributed by atoms with Gasteiger partial charge in [0.05, 0.1) is 0 Å². The average molecular weight is 117 g/mol. The zero-order chi connectivity index (χ0) is 6.85. The van der Waals surface area contributed by atoms with E-state index in [0.29, 0.717) is 0 Å². The molecule has 1 rings (SSSR count). The molecule has 2 heteroatoms. The van der Waals surface area contributed by atoms with Crippen molar-refractivity contribution in [2.45, 2.75) is 6.92 Å². The fraction of sp³-hybridized carbons (Fsp3) is 0.143. The molecule has 9 heavy (non-hydrogen) atoms. The maximum Gasteiger partial charge on any atom is 0.113 e. The number of rotatable bonds is 0. The highest BCUT2D eigenvalue weighted by Crippen LogP contribution is 2.04. The van der Waals surface area contributed by atoms with Gasteiger partial charge in [-0.25, -0.2) is 0 Å². The number of nitrogen functional groups attached to an aromatic ring is 1. The Labute approximate surface area is 56.3 Å². The zero-order valence-electron chi connectivity index (χ0n) is 5.39. The lowest BCUT2D eigenvalue weighted by atomic mass is 9.94. The van der Waals surface area contributed by atoms with Gasteiger partial charge in [0.1, 0.15) is 7.85 Å². The lowest BCUT2D eigenvalue weighted by Crippen LogP contribution is -2.03. The fourth-order valence-electron chi connectivity index (χ4n) is 0.659. The first-order chi connectivity index (χ1) is 4.20. The van der Waals surface area contributed by atoms with Crippen molar-refractivity contribution in [1.29, 1.82) is 0 Å². The molecule has 44 valence electrons. The van der Waals surface area contributed by atoms with Crippen molar-refractivity contribution < 1.29 is 0 Å². The summed E-state index contributed by atoms with van der Waals surface area (Å²) in [5.41, 5.74) is 8.09. The molecule has 0 bridgehead atoms. The molecule has 0 saturated carbocycles. The molecule has 0 saturated heterocycles. The van der Waals surface area contributed by atoms with Gasteiger partial charge in [0.15, 0.2) is 0 Å². The molecular weight excluding hydrogens is 109 g/mol. The van der Waals surface area contributed by atoms with Gasteiger partial charge in [-0.05, 0) is 18.6 Å². The molecule has 2 radical (unpaired) electrons. The topological polar surface area (TPSA) is 26.0 Å². The highest BCUT2D eigenvalue weighted by Gasteiger charge is 1.89. The van der Waals surface area contributed by atoms with Gasteiger partial charge in [-0.2, -0.15) is 0 Å². The lowest BCUT2D eigenvalue weighted by molar-refractivity contribution is 1.49. The summed E-state index contributed by atoms with van der Waals surface area (Å²) in [5, 5.41) is 0. The minimum Gasteiger partial charge on any atom is -0.399 e. The molecular formula is C7H8BN. The standard InChI is InChI=1S/C7H8BN/c1-5-2-3-6(8)4-7(5)9/h2-4H,9H2,1H3. The van der Waals surface area contributed by atoms with Gasteiger partial charge >= 0.3 is 0 Å². The van der Waals surface area contributed by atoms with Crippen LogP contribution >= 0.6 is 0 Å². The Kier molecular flexibility index (Phi) is 1.47. The van der Waals surface area contributed by atoms with Gasteiger partial charge in [0.25, 0.3) is 0 Å². The molecule has 0 aliphatic rings. The third kappa shape index (κ3) is 1.25. The molecule has 0 aliphatic heterocycles. The van der Waals surface area contributed by atoms with E-state index in [1.54, 1.807) is 6.07 Å². The largest absolute Gasteiger partial charge is 0.399 e. The van der Waals surface area contributed by atoms with E-state index in [2.05, 4.69) is 0 Å². The van der Waals surface area contributed by atoms with Crippen LogP contribution in [0.25, 0.3) is 0 Å². The second-order valence-corrected chi connectivity index (χ2v) is 2.12. The van der Waals surface area contributed by atoms with Crippen LogP contribution in [0.5, 0.6) is 0 Å². The van der Waals surface area contributed by atoms with Crippen molar-refractivity contribution in [3.05, 3.63) is 23.8 Å². The number of aryl methyl sites for hydroxylation is 1. The molecule has 0 spiro atoms. The van der Waals surface area contributed by atoms with Crippen LogP contribution in [0.3, 0.4) is 0 Å². The van der Waals surface area contributed by atoms with Crippen molar-refractivity contribution in [3.63, 3.8) is 0 Å². The van der Waals surface area contributed by atoms with Crippen molar-refractivity contribution in [3.8, 4) is 0 Å². The Hall–Kier alpha value is -0.915. The van der Waals surface area contributed by atoms with Gasteiger partial charge < -0.3 is 5.73 Å². The average Bonchev–Trinajstić information content (AvgIpc) is 1.80. The van der Waals surface area contributed by atoms with E-state index < -0.39 is 0 Å². The Bertz CT molecular complexity index is 220. The van der Waals surface area contributed by atoms with Crippen LogP contribution in [-0.2, 0) is 0 Å². The van der Waals surface area contributed by atoms with E-state index in [1.807, 2.05) is 19.1 Å². The summed E-state index contributed by atoms with van der Waals surface area (Å²) >= 11 is 0. The molecule has 1 aromatic carbocycles. The Morgan fingerprint density at radius 3 is 2.56 bits per heavy atom. The zero-order valence-corrected chi connectivity index (χ0v) is 5.39. The minimum absolute atomic E-state index is 0.720. The normalized spacial score (nSPS) is 9.44. The summed E-state index contributed by atoms with van der Waals surface area (Å²) in [6.45, 7) is 1.95. The monoisotopic (exact) mass is 117 g/mol. The Morgan fingerprint density at radius 1 is 1.44 bits per heavy atom. The molecule has 2 N–H and O–H groups in total. The molecule has 1 nitrogen and oxygen atoms in total. The molecule has 0 unspecified atom stereocenters. The maximum absolute atomic E-state index is 5.54. The van der Waals surface area contributed by atoms with Gasteiger partial charge in [-0.15, -0.1) is 0 Å². The van der Waals surface area contributed by atoms with Gasteiger partial charge in [0, 0.05) is 5.69 Å². The van der Waals surface area contributed by atoms with Crippen LogP contribution in [0, 0.1) is 6.92 Å². The van der Waals surface area contributed by atoms with Crippen LogP contribution in [0.1, 0.15) is 5.56 Å². The number of benzene rings is 1. The molecule has 0 aliphatic carbocycles. The molecule has 0 aromatic heterocycles. The molecule has 0 atom stereocenters. The quantitative estimate of drug-likeness (QED) is 0.385. The number of hydrogen-bond donors (Lipinski definition) is 1. The highest BCUT2D eigenvalue weighted by atomic mass is 14.5. The predicted octanol–water partition coefficient (Wildman–Crippen LogP) is 0.371. The van der Waals surface area contributed by atoms with Crippen molar-refractivity contribution in [2.24, 2.45) is 0 Å². The highest BCUT2D eigenvalue weighted by molar-refractivity contribution is 6.32. The number of hydrogen-bond acceptors (Lipinski definition) is 1. The third-order valence-electron chi connectivity index (χ3n) is 1.30. The van der Waals surface area contributed by atoms with E-state index in [0.717, 1.165) is 16.7 Å². The van der Waals surface area contributed by atoms with Crippen molar-refractivity contribution in [1.82, 2.24) is 0 Å². The summed E-state index contributed by atoms with van der Waals surface area (Å²) in [5.74, 6) is 0. The number of anilines is 1. The van der Waals surface area contributed by atoms with Crippen molar-refractivity contribution in [2.75, 3.05) is 5.73 Å². The molecule has 1 aromatic rings. The predicted molar refractivity (Wildman–Crippen MR) is 41.0 cm³/mol. The van der Waals surface area contributed by atoms with Crippen LogP contribution < -0.4 is 11.2 Å². The molecule has 0 heterocycles. The smallest absolute Gasteiger partial charge is 0.113 e. The van der Waals surface area contributed by atoms with Crippen LogP contribution in [0.4, 0.5) is 5.69 Å². The number of nitrogens with two attached hydrogens (primary N) is 1. The van der Waals surface area contributed by atoms with Crippen LogP contribution in [0.15, 0.2) is 18.2 Å². The Balaban J connectivity index is 3.17. The third-order valence-corrected chi connectivity index (χ3v) is 1.30. The summed E-state index contributed by atoms with van der Waals surface area (Å²) in [6, 6.07) is 5.51. The lowest BCUT2D eigenvalue weighted by Gasteiger charge is -1.98. The van der Waals surface area contributed by atoms with Gasteiger partial charge in [0.2, 0.25) is 0 Å². The van der Waals surface area contributed by atoms with Crippen LogP contribution in [-0.4, -0.2) is 7.85 Å². The first-order valence-electron chi connectivity index (χ1n) is 2.82. The van der Waals surface area contributed by atoms with E-state index >= 15 is 0 Å². The van der Waals surface area contributed by atoms with Gasteiger partial charge in [-0.3, -0.25) is 0 Å². The van der Waals surface area contributed by atoms with Crippen molar-refractivity contribution >= 4 is 19.0 Å². The van der Waals surface area contributed by atoms with E-state index in [9.17, 15) is 0 Å². The SMILES string of the molecule is [B]c1ccc(C)c(N)c1. The second kappa shape index (κ2) is 2.13. The maximum atomic E-state index is 5.54. The summed E-state index contributed by atoms with van der Waals surface area (Å²) in [4.78, 5) is 0. The molecule has 0 fully saturated rings. The first kappa shape index (κ1) is 6.21. The summed E-state index contributed by atoms with van der Waals surface area (Å²) in [6.07, 6.45) is 0. The fourth-order valence-corrected chi connectivity index (χ4v) is 0.659. The van der Waals surface area contributed by atoms with E-state index in [1.165, 1.54) is 0 Å².